The lowest BCUT2D eigenvalue weighted by Crippen LogP contribution is -2.18. The predicted octanol–water partition coefficient (Wildman–Crippen LogP) is 0.673. The summed E-state index contributed by atoms with van der Waals surface area (Å²) in [6.45, 7) is 3.09. The zero-order valence-electron chi connectivity index (χ0n) is 7.03. The SMILES string of the molecule is CC1CCn2nc(C=O)nc2C1. The molecule has 1 aromatic heterocycles. The van der Waals surface area contributed by atoms with Crippen LogP contribution in [0.15, 0.2) is 0 Å². The number of nitrogens with zero attached hydrogens (tertiary/aromatic N) is 3. The summed E-state index contributed by atoms with van der Waals surface area (Å²) in [5, 5.41) is 4.04. The Hall–Kier alpha value is -1.19. The summed E-state index contributed by atoms with van der Waals surface area (Å²) in [4.78, 5) is 14.5. The van der Waals surface area contributed by atoms with Crippen molar-refractivity contribution in [3.63, 3.8) is 0 Å². The third-order valence-electron chi connectivity index (χ3n) is 2.23. The fourth-order valence-electron chi connectivity index (χ4n) is 1.53. The molecule has 4 nitrogen and oxygen atoms in total. The summed E-state index contributed by atoms with van der Waals surface area (Å²) in [6, 6.07) is 0. The zero-order chi connectivity index (χ0) is 8.55. The van der Waals surface area contributed by atoms with E-state index in [-0.39, 0.29) is 0 Å². The van der Waals surface area contributed by atoms with E-state index in [0.29, 0.717) is 18.0 Å². The van der Waals surface area contributed by atoms with Crippen molar-refractivity contribution >= 4 is 6.29 Å². The lowest BCUT2D eigenvalue weighted by Gasteiger charge is -2.17. The average molecular weight is 165 g/mol. The number of carbonyl (C=O) groups excluding carboxylic acids is 1. The van der Waals surface area contributed by atoms with E-state index in [1.54, 1.807) is 0 Å². The first-order chi connectivity index (χ1) is 5.79. The Morgan fingerprint density at radius 2 is 2.50 bits per heavy atom. The van der Waals surface area contributed by atoms with E-state index in [1.807, 2.05) is 4.68 Å². The normalized spacial score (nSPS) is 21.9. The Morgan fingerprint density at radius 3 is 3.25 bits per heavy atom. The lowest BCUT2D eigenvalue weighted by atomic mass is 10.0. The van der Waals surface area contributed by atoms with Gasteiger partial charge in [-0.1, -0.05) is 6.92 Å². The summed E-state index contributed by atoms with van der Waals surface area (Å²) in [6.07, 6.45) is 2.78. The van der Waals surface area contributed by atoms with Crippen LogP contribution in [0.25, 0.3) is 0 Å². The van der Waals surface area contributed by atoms with Crippen LogP contribution >= 0.6 is 0 Å². The molecule has 4 heteroatoms. The van der Waals surface area contributed by atoms with Crippen LogP contribution in [0.2, 0.25) is 0 Å². The number of rotatable bonds is 1. The van der Waals surface area contributed by atoms with Gasteiger partial charge in [0.25, 0.3) is 0 Å². The molecule has 1 aliphatic heterocycles. The standard InChI is InChI=1S/C8H11N3O/c1-6-2-3-11-8(4-6)9-7(5-12)10-11/h5-6H,2-4H2,1H3. The maximum absolute atomic E-state index is 10.4. The summed E-state index contributed by atoms with van der Waals surface area (Å²) < 4.78 is 1.84. The van der Waals surface area contributed by atoms with Gasteiger partial charge in [-0.25, -0.2) is 9.67 Å². The van der Waals surface area contributed by atoms with Crippen molar-refractivity contribution in [3.05, 3.63) is 11.6 Å². The van der Waals surface area contributed by atoms with E-state index in [4.69, 9.17) is 0 Å². The number of fused-ring (bicyclic) bond motifs is 1. The number of hydrogen-bond donors (Lipinski definition) is 0. The molecule has 1 unspecified atom stereocenters. The van der Waals surface area contributed by atoms with Crippen LogP contribution in [-0.4, -0.2) is 21.1 Å². The molecule has 64 valence electrons. The van der Waals surface area contributed by atoms with E-state index < -0.39 is 0 Å². The lowest BCUT2D eigenvalue weighted by molar-refractivity contribution is 0.111. The van der Waals surface area contributed by atoms with Crippen LogP contribution in [0, 0.1) is 5.92 Å². The second-order valence-corrected chi connectivity index (χ2v) is 3.33. The molecule has 0 bridgehead atoms. The Labute approximate surface area is 70.6 Å². The van der Waals surface area contributed by atoms with Gasteiger partial charge in [-0.05, 0) is 12.3 Å². The maximum Gasteiger partial charge on any atom is 0.214 e. The Bertz CT molecular complexity index is 305. The van der Waals surface area contributed by atoms with Gasteiger partial charge < -0.3 is 0 Å². The van der Waals surface area contributed by atoms with E-state index in [0.717, 1.165) is 25.2 Å². The van der Waals surface area contributed by atoms with Crippen LogP contribution in [0.5, 0.6) is 0 Å². The third-order valence-corrected chi connectivity index (χ3v) is 2.23. The molecule has 0 amide bonds. The van der Waals surface area contributed by atoms with Crippen molar-refractivity contribution in [2.75, 3.05) is 0 Å². The molecule has 0 N–H and O–H groups in total. The van der Waals surface area contributed by atoms with Crippen LogP contribution in [0.3, 0.4) is 0 Å². The quantitative estimate of drug-likeness (QED) is 0.575. The van der Waals surface area contributed by atoms with Gasteiger partial charge in [0.15, 0.2) is 6.29 Å². The monoisotopic (exact) mass is 165 g/mol. The van der Waals surface area contributed by atoms with Crippen molar-refractivity contribution in [1.29, 1.82) is 0 Å². The van der Waals surface area contributed by atoms with E-state index in [2.05, 4.69) is 17.0 Å². The minimum Gasteiger partial charge on any atom is -0.294 e. The third kappa shape index (κ3) is 1.13. The van der Waals surface area contributed by atoms with Crippen molar-refractivity contribution < 1.29 is 4.79 Å². The van der Waals surface area contributed by atoms with Gasteiger partial charge >= 0.3 is 0 Å². The number of hydrogen-bond acceptors (Lipinski definition) is 3. The first kappa shape index (κ1) is 7.46. The molecule has 0 aliphatic carbocycles. The van der Waals surface area contributed by atoms with E-state index in [9.17, 15) is 4.79 Å². The second kappa shape index (κ2) is 2.69. The van der Waals surface area contributed by atoms with Crippen molar-refractivity contribution in [2.24, 2.45) is 5.92 Å². The summed E-state index contributed by atoms with van der Waals surface area (Å²) in [5.74, 6) is 1.94. The molecular formula is C8H11N3O. The Balaban J connectivity index is 2.34. The molecule has 12 heavy (non-hydrogen) atoms. The smallest absolute Gasteiger partial charge is 0.214 e. The largest absolute Gasteiger partial charge is 0.294 e. The van der Waals surface area contributed by atoms with E-state index >= 15 is 0 Å². The number of carbonyl (C=O) groups is 1. The van der Waals surface area contributed by atoms with Gasteiger partial charge in [0, 0.05) is 13.0 Å². The number of aromatic nitrogens is 3. The average Bonchev–Trinajstić information content (AvgIpc) is 2.46. The first-order valence-electron chi connectivity index (χ1n) is 4.18. The van der Waals surface area contributed by atoms with Crippen molar-refractivity contribution in [3.8, 4) is 0 Å². The summed E-state index contributed by atoms with van der Waals surface area (Å²) in [7, 11) is 0. The van der Waals surface area contributed by atoms with Gasteiger partial charge in [-0.2, -0.15) is 0 Å². The van der Waals surface area contributed by atoms with Crippen LogP contribution in [0.1, 0.15) is 29.8 Å². The molecule has 2 rings (SSSR count). The highest BCUT2D eigenvalue weighted by Crippen LogP contribution is 2.17. The molecule has 1 aromatic rings. The minimum absolute atomic E-state index is 0.319. The highest BCUT2D eigenvalue weighted by molar-refractivity contribution is 5.68. The van der Waals surface area contributed by atoms with Gasteiger partial charge in [0.05, 0.1) is 0 Å². The zero-order valence-corrected chi connectivity index (χ0v) is 7.03. The highest BCUT2D eigenvalue weighted by atomic mass is 16.1. The minimum atomic E-state index is 0.319. The fourth-order valence-corrected chi connectivity index (χ4v) is 1.53. The Morgan fingerprint density at radius 1 is 1.67 bits per heavy atom. The molecule has 0 fully saturated rings. The molecule has 0 saturated heterocycles. The molecule has 0 aromatic carbocycles. The highest BCUT2D eigenvalue weighted by Gasteiger charge is 2.17. The predicted molar refractivity (Wildman–Crippen MR) is 42.9 cm³/mol. The van der Waals surface area contributed by atoms with Crippen LogP contribution in [0.4, 0.5) is 0 Å². The summed E-state index contributed by atoms with van der Waals surface area (Å²) in [5.41, 5.74) is 0. The number of aldehydes is 1. The fraction of sp³-hybridized carbons (Fsp3) is 0.625. The molecule has 2 heterocycles. The van der Waals surface area contributed by atoms with Gasteiger partial charge in [0.2, 0.25) is 5.82 Å². The first-order valence-corrected chi connectivity index (χ1v) is 4.18. The molecule has 0 saturated carbocycles. The number of aryl methyl sites for hydroxylation is 1. The topological polar surface area (TPSA) is 47.8 Å². The molecular weight excluding hydrogens is 154 g/mol. The van der Waals surface area contributed by atoms with Crippen molar-refractivity contribution in [2.45, 2.75) is 26.3 Å². The summed E-state index contributed by atoms with van der Waals surface area (Å²) >= 11 is 0. The Kier molecular flexibility index (Phi) is 1.67. The molecule has 0 spiro atoms. The molecule has 0 radical (unpaired) electrons. The van der Waals surface area contributed by atoms with Crippen LogP contribution in [-0.2, 0) is 13.0 Å². The van der Waals surface area contributed by atoms with Crippen molar-refractivity contribution in [1.82, 2.24) is 14.8 Å². The van der Waals surface area contributed by atoms with E-state index in [1.165, 1.54) is 0 Å². The van der Waals surface area contributed by atoms with Crippen LogP contribution < -0.4 is 0 Å². The molecule has 1 aliphatic rings. The maximum atomic E-state index is 10.4. The van der Waals surface area contributed by atoms with Gasteiger partial charge in [-0.3, -0.25) is 4.79 Å². The molecule has 1 atom stereocenters. The van der Waals surface area contributed by atoms with Gasteiger partial charge in [-0.15, -0.1) is 5.10 Å². The second-order valence-electron chi connectivity index (χ2n) is 3.33. The van der Waals surface area contributed by atoms with Gasteiger partial charge in [0.1, 0.15) is 5.82 Å².